The molecule has 0 heterocycles. The molecule has 0 aromatic heterocycles. The van der Waals surface area contributed by atoms with Gasteiger partial charge in [-0.3, -0.25) is 9.41 Å². The third-order valence-corrected chi connectivity index (χ3v) is 0. The predicted molar refractivity (Wildman–Crippen MR) is 26.3 cm³/mol. The third kappa shape index (κ3) is 97.0. The summed E-state index contributed by atoms with van der Waals surface area (Å²) < 4.78 is 0. The molecule has 0 unspecified atom stereocenters. The van der Waals surface area contributed by atoms with Gasteiger partial charge in [0.2, 0.25) is 0 Å². The Balaban J connectivity index is -0.000000000833. The molecule has 0 fully saturated rings. The smallest absolute Gasteiger partial charge is 0.106 e. The molecule has 0 amide bonds. The van der Waals surface area contributed by atoms with Crippen molar-refractivity contribution >= 4 is 0 Å². The van der Waals surface area contributed by atoms with Crippen LogP contribution in [0.2, 0.25) is 0 Å². The van der Waals surface area contributed by atoms with E-state index in [-0.39, 0.29) is 21.7 Å². The topological polar surface area (TPSA) is 70.0 Å². The summed E-state index contributed by atoms with van der Waals surface area (Å²) in [7, 11) is 0. The van der Waals surface area contributed by atoms with Crippen molar-refractivity contribution in [3.05, 3.63) is 13.2 Å². The first-order valence-corrected chi connectivity index (χ1v) is 0.500. The molecule has 0 aliphatic carbocycles. The molecular weight excluding hydrogens is 90.0 g/mol. The summed E-state index contributed by atoms with van der Waals surface area (Å²) in [6.45, 7) is 6.00. The lowest BCUT2D eigenvalue weighted by Gasteiger charge is -0.813. The Morgan fingerprint density at radius 2 is 0.667 bits per heavy atom. The number of hydrogen-bond donors (Lipinski definition) is 2. The van der Waals surface area contributed by atoms with Crippen molar-refractivity contribution in [3.63, 3.8) is 0 Å². The second kappa shape index (κ2) is 243. The largest absolute Gasteiger partial charge is 0.344 e. The van der Waals surface area contributed by atoms with Crippen LogP contribution in [0.25, 0.3) is 0 Å². The quantitative estimate of drug-likeness (QED) is 0.454. The Kier molecular flexibility index (Phi) is 16900. The molecule has 4 heteroatoms. The molecule has 6 heavy (non-hydrogen) atoms. The summed E-state index contributed by atoms with van der Waals surface area (Å²) in [5.74, 6) is 0. The van der Waals surface area contributed by atoms with Gasteiger partial charge in [0.15, 0.2) is 0 Å². The highest BCUT2D eigenvalue weighted by atomic mass is 19.0. The fourth-order valence-corrected chi connectivity index (χ4v) is 0. The normalized spacial score (nSPS) is 0.667. The molecule has 0 spiro atoms. The summed E-state index contributed by atoms with van der Waals surface area (Å²) >= 11 is 0. The van der Waals surface area contributed by atoms with Gasteiger partial charge in [0.1, 0.15) is 0 Å². The van der Waals surface area contributed by atoms with Crippen molar-refractivity contribution in [2.75, 3.05) is 0 Å². The molecule has 6 N–H and O–H groups in total. The van der Waals surface area contributed by atoms with Gasteiger partial charge in [0, 0.05) is 0 Å². The van der Waals surface area contributed by atoms with E-state index in [9.17, 15) is 0 Å². The Morgan fingerprint density at radius 1 is 0.667 bits per heavy atom. The van der Waals surface area contributed by atoms with Crippen LogP contribution in [0.15, 0.2) is 13.2 Å². The minimum Gasteiger partial charge on any atom is -0.344 e. The first kappa shape index (κ1) is 417. The van der Waals surface area contributed by atoms with Gasteiger partial charge in [-0.15, -0.1) is 13.2 Å². The molecule has 44 valence electrons. The zero-order chi connectivity index (χ0) is 2.00. The second-order valence-electron chi connectivity index (χ2n) is 0. The van der Waals surface area contributed by atoms with Crippen molar-refractivity contribution in [1.29, 1.82) is 0 Å². The lowest BCUT2D eigenvalue weighted by molar-refractivity contribution is 1.11. The highest BCUT2D eigenvalue weighted by Crippen LogP contribution is 0.862. The standard InChI is InChI=1S/C2H4.2FH.2H3N/c1-2;;;;/h1-2H2;2*1H;2*1H3. The van der Waals surface area contributed by atoms with E-state index in [0.29, 0.717) is 0 Å². The molecule has 0 rings (SSSR count). The second-order valence-corrected chi connectivity index (χ2v) is 0. The van der Waals surface area contributed by atoms with Gasteiger partial charge in [-0.05, 0) is 0 Å². The molecule has 2 nitrogen and oxygen atoms in total. The van der Waals surface area contributed by atoms with Crippen LogP contribution in [-0.2, 0) is 0 Å². The molecule has 0 saturated carbocycles. The Hall–Kier alpha value is -0.480. The van der Waals surface area contributed by atoms with Gasteiger partial charge in [-0.2, -0.15) is 0 Å². The van der Waals surface area contributed by atoms with Crippen LogP contribution in [0, 0.1) is 0 Å². The van der Waals surface area contributed by atoms with Crippen molar-refractivity contribution in [2.24, 2.45) is 0 Å². The van der Waals surface area contributed by atoms with Crippen molar-refractivity contribution < 1.29 is 9.41 Å². The highest BCUT2D eigenvalue weighted by Gasteiger charge is 0.601. The van der Waals surface area contributed by atoms with Crippen LogP contribution in [0.5, 0.6) is 0 Å². The van der Waals surface area contributed by atoms with Gasteiger partial charge >= 0.3 is 0 Å². The monoisotopic (exact) mass is 102 g/mol. The minimum atomic E-state index is 0. The van der Waals surface area contributed by atoms with Gasteiger partial charge in [-0.25, -0.2) is 0 Å². The molecule has 0 aromatic rings. The van der Waals surface area contributed by atoms with E-state index in [4.69, 9.17) is 0 Å². The van der Waals surface area contributed by atoms with E-state index in [1.807, 2.05) is 0 Å². The van der Waals surface area contributed by atoms with E-state index >= 15 is 0 Å². The van der Waals surface area contributed by atoms with Gasteiger partial charge in [0.25, 0.3) is 0 Å². The number of hydrogen-bond acceptors (Lipinski definition) is 2. The van der Waals surface area contributed by atoms with Crippen molar-refractivity contribution in [3.8, 4) is 0 Å². The first-order chi connectivity index (χ1) is 1.00. The zero-order valence-electron chi connectivity index (χ0n) is 3.64. The summed E-state index contributed by atoms with van der Waals surface area (Å²) in [6.07, 6.45) is 0. The summed E-state index contributed by atoms with van der Waals surface area (Å²) in [5, 5.41) is 0. The molecule has 0 aliphatic rings. The van der Waals surface area contributed by atoms with Crippen LogP contribution in [-0.4, -0.2) is 0 Å². The van der Waals surface area contributed by atoms with Crippen LogP contribution >= 0.6 is 0 Å². The van der Waals surface area contributed by atoms with Crippen LogP contribution in [0.3, 0.4) is 0 Å². The molecular formula is C2H12F2N2. The highest BCUT2D eigenvalue weighted by molar-refractivity contribution is 4.22. The fraction of sp³-hybridized carbons (Fsp3) is 0. The predicted octanol–water partition coefficient (Wildman–Crippen LogP) is 1.43. The van der Waals surface area contributed by atoms with Gasteiger partial charge in [0.05, 0.1) is 0 Å². The lowest BCUT2D eigenvalue weighted by atomic mass is 11.3. The number of rotatable bonds is 0. The van der Waals surface area contributed by atoms with Gasteiger partial charge in [-0.1, -0.05) is 0 Å². The average Bonchev–Trinajstić information content (AvgIpc) is 1.00. The van der Waals surface area contributed by atoms with Gasteiger partial charge < -0.3 is 12.3 Å². The SMILES string of the molecule is C=C.F.F.N.N. The van der Waals surface area contributed by atoms with Crippen molar-refractivity contribution in [1.82, 2.24) is 12.3 Å². The van der Waals surface area contributed by atoms with E-state index in [1.165, 1.54) is 0 Å². The summed E-state index contributed by atoms with van der Waals surface area (Å²) in [6, 6.07) is 0. The molecule has 0 saturated heterocycles. The molecule has 0 aliphatic heterocycles. The van der Waals surface area contributed by atoms with E-state index in [2.05, 4.69) is 13.2 Å². The minimum absolute atomic E-state index is 0. The zero-order valence-corrected chi connectivity index (χ0v) is 3.64. The Labute approximate surface area is 36.1 Å². The molecule has 0 bridgehead atoms. The molecule has 0 radical (unpaired) electrons. The maximum atomic E-state index is 3.00. The fourth-order valence-electron chi connectivity index (χ4n) is 0. The van der Waals surface area contributed by atoms with E-state index < -0.39 is 0 Å². The first-order valence-electron chi connectivity index (χ1n) is 0.500. The van der Waals surface area contributed by atoms with Crippen molar-refractivity contribution in [2.45, 2.75) is 0 Å². The van der Waals surface area contributed by atoms with E-state index in [1.54, 1.807) is 0 Å². The lowest BCUT2D eigenvalue weighted by Crippen LogP contribution is -0.552. The van der Waals surface area contributed by atoms with Crippen LogP contribution < -0.4 is 12.3 Å². The molecule has 0 aromatic carbocycles. The third-order valence-electron chi connectivity index (χ3n) is 0. The maximum absolute atomic E-state index is 3.00. The van der Waals surface area contributed by atoms with Crippen LogP contribution in [0.1, 0.15) is 0 Å². The van der Waals surface area contributed by atoms with Crippen LogP contribution in [0.4, 0.5) is 9.41 Å². The van der Waals surface area contributed by atoms with E-state index in [0.717, 1.165) is 0 Å². The Bertz CT molecular complexity index is 9.51. The molecule has 0 atom stereocenters. The summed E-state index contributed by atoms with van der Waals surface area (Å²) in [4.78, 5) is 0. The Morgan fingerprint density at radius 3 is 0.667 bits per heavy atom. The summed E-state index contributed by atoms with van der Waals surface area (Å²) in [5.41, 5.74) is 0. The number of halogens is 2. The maximum Gasteiger partial charge on any atom is -0.106 e. The average molecular weight is 102 g/mol.